The maximum atomic E-state index is 11.6. The van der Waals surface area contributed by atoms with E-state index >= 15 is 0 Å². The van der Waals surface area contributed by atoms with Crippen molar-refractivity contribution in [1.82, 2.24) is 5.32 Å². The van der Waals surface area contributed by atoms with E-state index in [0.717, 1.165) is 13.0 Å². The summed E-state index contributed by atoms with van der Waals surface area (Å²) in [4.78, 5) is 20.5. The second-order valence-corrected chi connectivity index (χ2v) is 4.33. The number of carboxylic acids is 1. The predicted octanol–water partition coefficient (Wildman–Crippen LogP) is 2.47. The van der Waals surface area contributed by atoms with Crippen molar-refractivity contribution in [2.24, 2.45) is 5.92 Å². The van der Waals surface area contributed by atoms with E-state index in [4.69, 9.17) is 14.6 Å². The molecule has 1 unspecified atom stereocenters. The molecule has 0 saturated heterocycles. The third-order valence-corrected chi connectivity index (χ3v) is 2.43. The third kappa shape index (κ3) is 8.96. The smallest absolute Gasteiger partial charge is 0.475 e. The summed E-state index contributed by atoms with van der Waals surface area (Å²) < 4.78 is 36.9. The Bertz CT molecular complexity index is 463. The first-order chi connectivity index (χ1) is 10.2. The minimum absolute atomic E-state index is 0.0716. The molecule has 0 aliphatic carbocycles. The average Bonchev–Trinajstić information content (AvgIpc) is 2.45. The number of benzene rings is 1. The molecule has 0 aliphatic rings. The maximum Gasteiger partial charge on any atom is 0.490 e. The Hall–Kier alpha value is -2.09. The van der Waals surface area contributed by atoms with Gasteiger partial charge in [-0.25, -0.2) is 4.79 Å². The quantitative estimate of drug-likeness (QED) is 0.644. The molecule has 1 rings (SSSR count). The molecule has 5 nitrogen and oxygen atoms in total. The number of para-hydroxylation sites is 1. The molecule has 0 aromatic heterocycles. The van der Waals surface area contributed by atoms with E-state index in [1.165, 1.54) is 0 Å². The molecule has 0 spiro atoms. The lowest BCUT2D eigenvalue weighted by molar-refractivity contribution is -0.192. The van der Waals surface area contributed by atoms with Crippen LogP contribution in [-0.4, -0.2) is 36.8 Å². The molecule has 0 radical (unpaired) electrons. The molecule has 22 heavy (non-hydrogen) atoms. The first-order valence-electron chi connectivity index (χ1n) is 6.40. The van der Waals surface area contributed by atoms with Gasteiger partial charge in [0.15, 0.2) is 0 Å². The summed E-state index contributed by atoms with van der Waals surface area (Å²) in [6, 6.07) is 9.15. The highest BCUT2D eigenvalue weighted by Crippen LogP contribution is 2.13. The zero-order valence-corrected chi connectivity index (χ0v) is 12.2. The maximum absolute atomic E-state index is 11.6. The highest BCUT2D eigenvalue weighted by Gasteiger charge is 2.38. The molecule has 1 atom stereocenters. The van der Waals surface area contributed by atoms with Gasteiger partial charge >= 0.3 is 18.1 Å². The summed E-state index contributed by atoms with van der Waals surface area (Å²) >= 11 is 0. The molecular weight excluding hydrogens is 303 g/mol. The van der Waals surface area contributed by atoms with Gasteiger partial charge in [0.2, 0.25) is 0 Å². The summed E-state index contributed by atoms with van der Waals surface area (Å²) in [6.45, 7) is 2.70. The number of carboxylic acid groups (broad SMARTS) is 1. The minimum atomic E-state index is -5.08. The van der Waals surface area contributed by atoms with Gasteiger partial charge in [-0.3, -0.25) is 4.79 Å². The van der Waals surface area contributed by atoms with E-state index in [1.54, 1.807) is 12.1 Å². The molecule has 2 N–H and O–H groups in total. The highest BCUT2D eigenvalue weighted by atomic mass is 19.4. The van der Waals surface area contributed by atoms with Gasteiger partial charge in [0.1, 0.15) is 5.75 Å². The van der Waals surface area contributed by atoms with Crippen LogP contribution in [0.1, 0.15) is 13.3 Å². The first kappa shape index (κ1) is 19.9. The third-order valence-electron chi connectivity index (χ3n) is 2.43. The Morgan fingerprint density at radius 3 is 2.18 bits per heavy atom. The number of hydrogen-bond acceptors (Lipinski definition) is 4. The molecule has 0 fully saturated rings. The van der Waals surface area contributed by atoms with E-state index in [9.17, 15) is 18.0 Å². The molecular formula is C14H18F3NO4. The number of carbonyl (C=O) groups excluding carboxylic acids is 1. The van der Waals surface area contributed by atoms with Crippen molar-refractivity contribution in [2.75, 3.05) is 13.6 Å². The summed E-state index contributed by atoms with van der Waals surface area (Å²) in [5.74, 6) is -2.39. The molecule has 0 bridgehead atoms. The normalized spacial score (nSPS) is 11.9. The van der Waals surface area contributed by atoms with Gasteiger partial charge in [-0.2, -0.15) is 13.2 Å². The minimum Gasteiger partial charge on any atom is -0.475 e. The van der Waals surface area contributed by atoms with Crippen LogP contribution in [0.3, 0.4) is 0 Å². The van der Waals surface area contributed by atoms with Crippen LogP contribution in [0.4, 0.5) is 13.2 Å². The lowest BCUT2D eigenvalue weighted by Crippen LogP contribution is -2.21. The molecule has 124 valence electrons. The second kappa shape index (κ2) is 9.78. The van der Waals surface area contributed by atoms with Crippen LogP contribution in [0.2, 0.25) is 0 Å². The van der Waals surface area contributed by atoms with Gasteiger partial charge in [0.25, 0.3) is 0 Å². The van der Waals surface area contributed by atoms with E-state index in [1.807, 2.05) is 32.2 Å². The Balaban J connectivity index is 0.000000534. The molecule has 1 aromatic carbocycles. The van der Waals surface area contributed by atoms with Crippen molar-refractivity contribution in [3.05, 3.63) is 30.3 Å². The Labute approximate surface area is 126 Å². The largest absolute Gasteiger partial charge is 0.490 e. The van der Waals surface area contributed by atoms with E-state index in [-0.39, 0.29) is 11.9 Å². The van der Waals surface area contributed by atoms with Gasteiger partial charge in [0, 0.05) is 0 Å². The number of carbonyl (C=O) groups is 2. The van der Waals surface area contributed by atoms with Gasteiger partial charge in [-0.05, 0) is 32.1 Å². The van der Waals surface area contributed by atoms with Crippen LogP contribution in [0.5, 0.6) is 5.75 Å². The molecule has 0 aliphatic heterocycles. The van der Waals surface area contributed by atoms with Gasteiger partial charge in [-0.15, -0.1) is 0 Å². The standard InChI is InChI=1S/C12H17NO2.C2HF3O2/c1-10(8-9-13-2)12(14)15-11-6-4-3-5-7-11;3-2(4,5)1(6)7/h3-7,10,13H,8-9H2,1-2H3;(H,6,7). The van der Waals surface area contributed by atoms with Crippen molar-refractivity contribution in [1.29, 1.82) is 0 Å². The topological polar surface area (TPSA) is 75.6 Å². The number of halogens is 3. The fourth-order valence-corrected chi connectivity index (χ4v) is 1.18. The Morgan fingerprint density at radius 1 is 1.27 bits per heavy atom. The fraction of sp³-hybridized carbons (Fsp3) is 0.429. The zero-order valence-electron chi connectivity index (χ0n) is 12.2. The SMILES string of the molecule is CNCCC(C)C(=O)Oc1ccccc1.O=C(O)C(F)(F)F. The molecule has 1 aromatic rings. The molecule has 0 heterocycles. The second-order valence-electron chi connectivity index (χ2n) is 4.33. The number of ether oxygens (including phenoxy) is 1. The molecule has 0 saturated carbocycles. The number of nitrogens with one attached hydrogen (secondary N) is 1. The average molecular weight is 321 g/mol. The van der Waals surface area contributed by atoms with Crippen LogP contribution in [0, 0.1) is 5.92 Å². The Kier molecular flexibility index (Phi) is 8.85. The van der Waals surface area contributed by atoms with Crippen LogP contribution in [0.15, 0.2) is 30.3 Å². The van der Waals surface area contributed by atoms with E-state index in [2.05, 4.69) is 5.32 Å². The molecule has 8 heteroatoms. The summed E-state index contributed by atoms with van der Waals surface area (Å²) in [5, 5.41) is 10.1. The van der Waals surface area contributed by atoms with Crippen molar-refractivity contribution in [2.45, 2.75) is 19.5 Å². The van der Waals surface area contributed by atoms with Crippen molar-refractivity contribution < 1.29 is 32.6 Å². The van der Waals surface area contributed by atoms with Crippen molar-refractivity contribution in [3.8, 4) is 5.75 Å². The lowest BCUT2D eigenvalue weighted by Gasteiger charge is -2.10. The van der Waals surface area contributed by atoms with Crippen LogP contribution >= 0.6 is 0 Å². The number of aliphatic carboxylic acids is 1. The van der Waals surface area contributed by atoms with Gasteiger partial charge in [0.05, 0.1) is 5.92 Å². The lowest BCUT2D eigenvalue weighted by atomic mass is 10.1. The number of rotatable bonds is 5. The first-order valence-corrected chi connectivity index (χ1v) is 6.40. The van der Waals surface area contributed by atoms with Crippen LogP contribution in [0.25, 0.3) is 0 Å². The predicted molar refractivity (Wildman–Crippen MR) is 73.5 cm³/mol. The summed E-state index contributed by atoms with van der Waals surface area (Å²) in [7, 11) is 1.87. The van der Waals surface area contributed by atoms with Crippen molar-refractivity contribution in [3.63, 3.8) is 0 Å². The summed E-state index contributed by atoms with van der Waals surface area (Å²) in [6.07, 6.45) is -4.29. The van der Waals surface area contributed by atoms with Gasteiger partial charge in [-0.1, -0.05) is 25.1 Å². The molecule has 0 amide bonds. The summed E-state index contributed by atoms with van der Waals surface area (Å²) in [5.41, 5.74) is 0. The van der Waals surface area contributed by atoms with Crippen molar-refractivity contribution >= 4 is 11.9 Å². The monoisotopic (exact) mass is 321 g/mol. The highest BCUT2D eigenvalue weighted by molar-refractivity contribution is 5.74. The van der Waals surface area contributed by atoms with E-state index < -0.39 is 12.1 Å². The van der Waals surface area contributed by atoms with E-state index in [0.29, 0.717) is 5.75 Å². The Morgan fingerprint density at radius 2 is 1.77 bits per heavy atom. The fourth-order valence-electron chi connectivity index (χ4n) is 1.18. The zero-order chi connectivity index (χ0) is 17.2. The van der Waals surface area contributed by atoms with Gasteiger partial charge < -0.3 is 15.2 Å². The van der Waals surface area contributed by atoms with Crippen LogP contribution in [-0.2, 0) is 9.59 Å². The number of alkyl halides is 3. The van der Waals surface area contributed by atoms with Crippen LogP contribution < -0.4 is 10.1 Å². The number of hydrogen-bond donors (Lipinski definition) is 2. The number of esters is 1.